The fraction of sp³-hybridized carbons (Fsp3) is 0.500. The topological polar surface area (TPSA) is 0 Å². The van der Waals surface area contributed by atoms with Crippen molar-refractivity contribution in [2.45, 2.75) is 63.2 Å². The minimum Gasteiger partial charge on any atom is -0.747 e. The van der Waals surface area contributed by atoms with Gasteiger partial charge < -0.3 is 29.6 Å². The Hall–Kier alpha value is 0.0795. The maximum absolute atomic E-state index is 2.39. The predicted molar refractivity (Wildman–Crippen MR) is 104 cm³/mol. The average molecular weight is 386 g/mol. The zero-order valence-electron chi connectivity index (χ0n) is 14.6. The first kappa shape index (κ1) is 19.4. The van der Waals surface area contributed by atoms with Crippen LogP contribution in [0.15, 0.2) is 48.5 Å². The first-order valence-corrected chi connectivity index (χ1v) is 11.5. The molecule has 2 aliphatic heterocycles. The molecule has 0 radical (unpaired) electrons. The van der Waals surface area contributed by atoms with Gasteiger partial charge in [-0.1, -0.05) is 39.0 Å². The zero-order chi connectivity index (χ0) is 15.7. The summed E-state index contributed by atoms with van der Waals surface area (Å²) in [4.78, 5) is 0. The van der Waals surface area contributed by atoms with E-state index in [1.807, 2.05) is 0 Å². The molecule has 3 heteroatoms. The molecule has 23 heavy (non-hydrogen) atoms. The third-order valence-electron chi connectivity index (χ3n) is 5.15. The van der Waals surface area contributed by atoms with Crippen molar-refractivity contribution in [3.8, 4) is 0 Å². The Morgan fingerprint density at radius 3 is 1.61 bits per heavy atom. The van der Waals surface area contributed by atoms with E-state index in [9.17, 15) is 0 Å². The number of rotatable bonds is 2. The van der Waals surface area contributed by atoms with Gasteiger partial charge >= 0.3 is 0 Å². The molecular weight excluding hydrogens is 358 g/mol. The van der Waals surface area contributed by atoms with Gasteiger partial charge in [-0.05, 0) is 24.2 Å². The largest absolute Gasteiger partial charge is 0.747 e. The van der Waals surface area contributed by atoms with E-state index in [4.69, 9.17) is 0 Å². The Morgan fingerprint density at radius 1 is 0.783 bits per heavy atom. The molecule has 0 N–H and O–H groups in total. The molecular formula is C20H28FeP2-6. The fourth-order valence-corrected chi connectivity index (χ4v) is 10.3. The third-order valence-corrected chi connectivity index (χ3v) is 11.6. The molecule has 132 valence electrons. The summed E-state index contributed by atoms with van der Waals surface area (Å²) in [6, 6.07) is 17.8. The van der Waals surface area contributed by atoms with Crippen LogP contribution < -0.4 is 10.6 Å². The Kier molecular flexibility index (Phi) is 7.13. The van der Waals surface area contributed by atoms with Gasteiger partial charge in [0, 0.05) is 17.1 Å². The molecule has 0 nitrogen and oxygen atoms in total. The van der Waals surface area contributed by atoms with Crippen molar-refractivity contribution in [3.05, 3.63) is 48.5 Å². The molecule has 0 saturated carbocycles. The van der Waals surface area contributed by atoms with Crippen molar-refractivity contribution in [2.24, 2.45) is 0 Å². The maximum Gasteiger partial charge on any atom is 0 e. The van der Waals surface area contributed by atoms with Crippen LogP contribution in [0.5, 0.6) is 0 Å². The van der Waals surface area contributed by atoms with Gasteiger partial charge in [-0.3, -0.25) is 7.92 Å². The average Bonchev–Trinajstić information content (AvgIpc) is 3.13. The smallest absolute Gasteiger partial charge is 0 e. The predicted octanol–water partition coefficient (Wildman–Crippen LogP) is 5.38. The fourth-order valence-electron chi connectivity index (χ4n) is 4.12. The summed E-state index contributed by atoms with van der Waals surface area (Å²) in [6.07, 6.45) is 2.88. The Morgan fingerprint density at radius 2 is 1.22 bits per heavy atom. The summed E-state index contributed by atoms with van der Waals surface area (Å²) >= 11 is 0. The van der Waals surface area contributed by atoms with E-state index in [-0.39, 0.29) is 32.9 Å². The van der Waals surface area contributed by atoms with Crippen LogP contribution in [0.2, 0.25) is 0 Å². The second kappa shape index (κ2) is 8.45. The molecule has 2 heterocycles. The summed E-state index contributed by atoms with van der Waals surface area (Å²) in [5, 5.41) is 3.23. The van der Waals surface area contributed by atoms with Crippen LogP contribution in [0.1, 0.15) is 40.5 Å². The van der Waals surface area contributed by atoms with Crippen molar-refractivity contribution in [1.29, 1.82) is 0 Å². The minimum atomic E-state index is 0. The summed E-state index contributed by atoms with van der Waals surface area (Å²) in [7, 11) is 0.443. The SMILES string of the molecule is CC1CC(C)P1[c-]1[cH-][cH-][cH-][cH-]1.CC1CC(C)P1[c-]1cccc1.[Fe]. The first-order chi connectivity index (χ1) is 10.6. The van der Waals surface area contributed by atoms with Gasteiger partial charge in [-0.2, -0.15) is 12.1 Å². The summed E-state index contributed by atoms with van der Waals surface area (Å²) in [5.41, 5.74) is 3.90. The molecule has 4 unspecified atom stereocenters. The van der Waals surface area contributed by atoms with E-state index in [0.29, 0.717) is 0 Å². The van der Waals surface area contributed by atoms with Crippen LogP contribution in [0.4, 0.5) is 0 Å². The molecule has 4 rings (SSSR count). The maximum atomic E-state index is 2.39. The molecule has 2 aromatic carbocycles. The van der Waals surface area contributed by atoms with Crippen molar-refractivity contribution >= 4 is 26.5 Å². The van der Waals surface area contributed by atoms with E-state index < -0.39 is 0 Å². The molecule has 0 spiro atoms. The second-order valence-electron chi connectivity index (χ2n) is 6.97. The van der Waals surface area contributed by atoms with Crippen LogP contribution in [-0.2, 0) is 17.1 Å². The number of hydrogen-bond donors (Lipinski definition) is 0. The van der Waals surface area contributed by atoms with Crippen molar-refractivity contribution in [1.82, 2.24) is 0 Å². The monoisotopic (exact) mass is 386 g/mol. The number of hydrogen-bond acceptors (Lipinski definition) is 0. The Balaban J connectivity index is 0.000000160. The van der Waals surface area contributed by atoms with Crippen molar-refractivity contribution < 1.29 is 17.1 Å². The molecule has 0 bridgehead atoms. The van der Waals surface area contributed by atoms with Gasteiger partial charge in [0.25, 0.3) is 0 Å². The molecule has 0 aliphatic carbocycles. The quantitative estimate of drug-likeness (QED) is 0.369. The van der Waals surface area contributed by atoms with E-state index in [1.54, 1.807) is 10.6 Å². The molecule has 0 amide bonds. The Labute approximate surface area is 155 Å². The van der Waals surface area contributed by atoms with Gasteiger partial charge in [-0.15, -0.1) is 13.2 Å². The van der Waals surface area contributed by atoms with E-state index in [2.05, 4.69) is 76.2 Å². The van der Waals surface area contributed by atoms with Crippen LogP contribution in [-0.4, -0.2) is 22.6 Å². The molecule has 2 saturated heterocycles. The van der Waals surface area contributed by atoms with Gasteiger partial charge in [0.1, 0.15) is 0 Å². The van der Waals surface area contributed by atoms with Crippen LogP contribution in [0.25, 0.3) is 0 Å². The molecule has 0 aromatic heterocycles. The van der Waals surface area contributed by atoms with E-state index >= 15 is 0 Å². The van der Waals surface area contributed by atoms with Gasteiger partial charge in [0.2, 0.25) is 0 Å². The van der Waals surface area contributed by atoms with Crippen molar-refractivity contribution in [2.75, 3.05) is 0 Å². The summed E-state index contributed by atoms with van der Waals surface area (Å²) in [5.74, 6) is 0. The molecule has 2 aliphatic rings. The van der Waals surface area contributed by atoms with Crippen molar-refractivity contribution in [3.63, 3.8) is 0 Å². The summed E-state index contributed by atoms with van der Waals surface area (Å²) < 4.78 is 0. The van der Waals surface area contributed by atoms with Crippen LogP contribution >= 0.6 is 15.8 Å². The van der Waals surface area contributed by atoms with Gasteiger partial charge in [-0.25, -0.2) is 12.1 Å². The standard InChI is InChI=1S/2C10H14P.Fe/c2*1-8-7-9(2)11(8)10-5-3-4-6-10;/h2*3-6,8-9H,7H2,1-2H3;/q-5;-1;. The molecule has 2 fully saturated rings. The van der Waals surface area contributed by atoms with Gasteiger partial charge in [0.15, 0.2) is 0 Å². The zero-order valence-corrected chi connectivity index (χ0v) is 17.5. The minimum absolute atomic E-state index is 0. The first-order valence-electron chi connectivity index (χ1n) is 8.58. The van der Waals surface area contributed by atoms with Gasteiger partial charge in [0.05, 0.1) is 0 Å². The Bertz CT molecular complexity index is 492. The van der Waals surface area contributed by atoms with Crippen LogP contribution in [0, 0.1) is 0 Å². The third kappa shape index (κ3) is 4.19. The molecule has 4 atom stereocenters. The van der Waals surface area contributed by atoms with Crippen LogP contribution in [0.3, 0.4) is 0 Å². The normalized spacial score (nSPS) is 35.1. The molecule has 2 aromatic rings. The summed E-state index contributed by atoms with van der Waals surface area (Å²) in [6.45, 7) is 9.55. The van der Waals surface area contributed by atoms with E-state index in [1.165, 1.54) is 12.8 Å². The second-order valence-corrected chi connectivity index (χ2v) is 13.2. The van der Waals surface area contributed by atoms with E-state index in [0.717, 1.165) is 22.6 Å².